The number of anilines is 2. The number of carbonyl (C=O) groups is 2. The largest absolute Gasteiger partial charge is 0.497 e. The molecule has 2 amide bonds. The van der Waals surface area contributed by atoms with Crippen LogP contribution < -0.4 is 25.0 Å². The molecule has 0 atom stereocenters. The fourth-order valence-electron chi connectivity index (χ4n) is 3.99. The molecule has 34 heavy (non-hydrogen) atoms. The molecule has 0 unspecified atom stereocenters. The smallest absolute Gasteiger partial charge is 0.259 e. The summed E-state index contributed by atoms with van der Waals surface area (Å²) in [6.07, 6.45) is 5.60. The van der Waals surface area contributed by atoms with Gasteiger partial charge in [-0.3, -0.25) is 14.6 Å². The fourth-order valence-corrected chi connectivity index (χ4v) is 3.99. The minimum atomic E-state index is -0.338. The molecule has 8 nitrogen and oxygen atoms in total. The van der Waals surface area contributed by atoms with Crippen LogP contribution in [0.25, 0.3) is 0 Å². The molecule has 0 spiro atoms. The maximum absolute atomic E-state index is 13.2. The summed E-state index contributed by atoms with van der Waals surface area (Å²) in [5, 5.41) is 5.86. The van der Waals surface area contributed by atoms with Crippen LogP contribution in [0.2, 0.25) is 0 Å². The van der Waals surface area contributed by atoms with E-state index in [4.69, 9.17) is 9.47 Å². The molecule has 1 aliphatic heterocycles. The summed E-state index contributed by atoms with van der Waals surface area (Å²) in [5.41, 5.74) is 3.19. The number of nitrogens with one attached hydrogen (secondary N) is 2. The monoisotopic (exact) mass is 460 g/mol. The van der Waals surface area contributed by atoms with Crippen molar-refractivity contribution in [1.29, 1.82) is 0 Å². The Morgan fingerprint density at radius 3 is 2.50 bits per heavy atom. The van der Waals surface area contributed by atoms with Gasteiger partial charge in [0.2, 0.25) is 0 Å². The summed E-state index contributed by atoms with van der Waals surface area (Å²) in [5.74, 6) is 0.454. The van der Waals surface area contributed by atoms with Crippen LogP contribution in [0, 0.1) is 0 Å². The molecule has 0 radical (unpaired) electrons. The topological polar surface area (TPSA) is 92.8 Å². The van der Waals surface area contributed by atoms with E-state index in [2.05, 4.69) is 20.5 Å². The molecular formula is C26H28N4O4. The average Bonchev–Trinajstić information content (AvgIpc) is 3.42. The number of carbonyl (C=O) groups excluding carboxylic acids is 2. The molecule has 1 aromatic heterocycles. The first kappa shape index (κ1) is 23.1. The predicted molar refractivity (Wildman–Crippen MR) is 131 cm³/mol. The van der Waals surface area contributed by atoms with Gasteiger partial charge in [0.25, 0.3) is 11.8 Å². The van der Waals surface area contributed by atoms with Crippen LogP contribution in [0.1, 0.15) is 39.1 Å². The Bertz CT molecular complexity index is 1160. The zero-order valence-electron chi connectivity index (χ0n) is 19.3. The Kier molecular flexibility index (Phi) is 7.27. The predicted octanol–water partition coefficient (Wildman–Crippen LogP) is 3.88. The summed E-state index contributed by atoms with van der Waals surface area (Å²) in [4.78, 5) is 32.4. The number of methoxy groups -OCH3 is 2. The molecule has 3 aromatic rings. The van der Waals surface area contributed by atoms with Crippen molar-refractivity contribution in [3.05, 3.63) is 77.6 Å². The van der Waals surface area contributed by atoms with E-state index in [0.29, 0.717) is 34.9 Å². The molecule has 0 aliphatic carbocycles. The Hall–Kier alpha value is -4.07. The highest BCUT2D eigenvalue weighted by Crippen LogP contribution is 2.29. The number of pyridine rings is 1. The van der Waals surface area contributed by atoms with Crippen molar-refractivity contribution in [3.8, 4) is 11.5 Å². The minimum absolute atomic E-state index is 0.205. The fraction of sp³-hybridized carbons (Fsp3) is 0.269. The Balaban J connectivity index is 1.57. The van der Waals surface area contributed by atoms with Crippen LogP contribution in [-0.2, 0) is 6.54 Å². The van der Waals surface area contributed by atoms with Crippen molar-refractivity contribution >= 4 is 23.2 Å². The highest BCUT2D eigenvalue weighted by Gasteiger charge is 2.21. The van der Waals surface area contributed by atoms with Crippen molar-refractivity contribution in [2.24, 2.45) is 0 Å². The third-order valence-electron chi connectivity index (χ3n) is 5.77. The number of rotatable bonds is 8. The molecule has 0 bridgehead atoms. The van der Waals surface area contributed by atoms with E-state index in [9.17, 15) is 9.59 Å². The maximum atomic E-state index is 13.2. The van der Waals surface area contributed by atoms with Crippen LogP contribution in [0.4, 0.5) is 11.4 Å². The minimum Gasteiger partial charge on any atom is -0.497 e. The van der Waals surface area contributed by atoms with Gasteiger partial charge in [-0.15, -0.1) is 0 Å². The van der Waals surface area contributed by atoms with E-state index in [1.165, 1.54) is 7.11 Å². The lowest BCUT2D eigenvalue weighted by Crippen LogP contribution is -2.27. The number of hydrogen-bond acceptors (Lipinski definition) is 6. The summed E-state index contributed by atoms with van der Waals surface area (Å²) >= 11 is 0. The molecule has 2 aromatic carbocycles. The Morgan fingerprint density at radius 2 is 1.79 bits per heavy atom. The van der Waals surface area contributed by atoms with Crippen molar-refractivity contribution in [2.75, 3.05) is 37.5 Å². The Morgan fingerprint density at radius 1 is 0.971 bits per heavy atom. The highest BCUT2D eigenvalue weighted by molar-refractivity contribution is 6.08. The van der Waals surface area contributed by atoms with Crippen molar-refractivity contribution in [3.63, 3.8) is 0 Å². The zero-order valence-corrected chi connectivity index (χ0v) is 19.3. The first-order valence-corrected chi connectivity index (χ1v) is 11.2. The number of amides is 2. The van der Waals surface area contributed by atoms with Gasteiger partial charge in [0.05, 0.1) is 25.3 Å². The van der Waals surface area contributed by atoms with Gasteiger partial charge in [-0.05, 0) is 54.8 Å². The first-order valence-electron chi connectivity index (χ1n) is 11.2. The number of benzene rings is 2. The summed E-state index contributed by atoms with van der Waals surface area (Å²) in [7, 11) is 3.05. The molecule has 2 N–H and O–H groups in total. The molecule has 2 heterocycles. The lowest BCUT2D eigenvalue weighted by molar-refractivity contribution is 0.0950. The summed E-state index contributed by atoms with van der Waals surface area (Å²) in [6.45, 7) is 2.17. The van der Waals surface area contributed by atoms with E-state index in [-0.39, 0.29) is 11.8 Å². The molecule has 1 aliphatic rings. The quantitative estimate of drug-likeness (QED) is 0.530. The van der Waals surface area contributed by atoms with E-state index >= 15 is 0 Å². The normalized spacial score (nSPS) is 12.8. The van der Waals surface area contributed by atoms with Gasteiger partial charge in [-0.2, -0.15) is 0 Å². The molecule has 1 saturated heterocycles. The number of aromatic nitrogens is 1. The van der Waals surface area contributed by atoms with Gasteiger partial charge < -0.3 is 25.0 Å². The molecule has 8 heteroatoms. The van der Waals surface area contributed by atoms with Gasteiger partial charge >= 0.3 is 0 Å². The van der Waals surface area contributed by atoms with E-state index in [1.807, 2.05) is 24.3 Å². The number of hydrogen-bond donors (Lipinski definition) is 2. The number of ether oxygens (including phenoxy) is 2. The second-order valence-electron chi connectivity index (χ2n) is 7.99. The lowest BCUT2D eigenvalue weighted by Gasteiger charge is -2.22. The van der Waals surface area contributed by atoms with Crippen LogP contribution in [0.3, 0.4) is 0 Å². The van der Waals surface area contributed by atoms with Crippen molar-refractivity contribution in [2.45, 2.75) is 19.4 Å². The molecular weight excluding hydrogens is 432 g/mol. The zero-order chi connectivity index (χ0) is 23.9. The number of nitrogens with zero attached hydrogens (tertiary/aromatic N) is 2. The van der Waals surface area contributed by atoms with E-state index < -0.39 is 0 Å². The van der Waals surface area contributed by atoms with Gasteiger partial charge in [-0.25, -0.2) is 0 Å². The Labute approximate surface area is 198 Å². The van der Waals surface area contributed by atoms with Crippen molar-refractivity contribution < 1.29 is 19.1 Å². The van der Waals surface area contributed by atoms with E-state index in [1.54, 1.807) is 43.8 Å². The van der Waals surface area contributed by atoms with E-state index in [0.717, 1.165) is 37.2 Å². The molecule has 0 saturated carbocycles. The van der Waals surface area contributed by atoms with Gasteiger partial charge in [0, 0.05) is 49.5 Å². The second-order valence-corrected chi connectivity index (χ2v) is 7.99. The summed E-state index contributed by atoms with van der Waals surface area (Å²) in [6, 6.07) is 14.2. The van der Waals surface area contributed by atoms with Crippen LogP contribution in [-0.4, -0.2) is 44.1 Å². The first-order chi connectivity index (χ1) is 16.6. The molecule has 4 rings (SSSR count). The van der Waals surface area contributed by atoms with Crippen LogP contribution in [0.5, 0.6) is 11.5 Å². The molecule has 176 valence electrons. The van der Waals surface area contributed by atoms with Gasteiger partial charge in [0.15, 0.2) is 0 Å². The third kappa shape index (κ3) is 5.28. The SMILES string of the molecule is COc1ccc(C(=O)Nc2ccc(N3CCCC3)c(C(=O)NCc3cccnc3)c2)c(OC)c1. The van der Waals surface area contributed by atoms with Crippen LogP contribution >= 0.6 is 0 Å². The maximum Gasteiger partial charge on any atom is 0.259 e. The molecule has 1 fully saturated rings. The second kappa shape index (κ2) is 10.7. The summed E-state index contributed by atoms with van der Waals surface area (Å²) < 4.78 is 10.6. The third-order valence-corrected chi connectivity index (χ3v) is 5.77. The lowest BCUT2D eigenvalue weighted by atomic mass is 10.1. The van der Waals surface area contributed by atoms with Crippen LogP contribution in [0.15, 0.2) is 60.9 Å². The highest BCUT2D eigenvalue weighted by atomic mass is 16.5. The van der Waals surface area contributed by atoms with Crippen molar-refractivity contribution in [1.82, 2.24) is 10.3 Å². The van der Waals surface area contributed by atoms with Gasteiger partial charge in [-0.1, -0.05) is 6.07 Å². The average molecular weight is 461 g/mol. The van der Waals surface area contributed by atoms with Gasteiger partial charge in [0.1, 0.15) is 11.5 Å². The standard InChI is InChI=1S/C26H28N4O4/c1-33-20-8-9-21(24(15-20)34-2)26(32)29-19-7-10-23(30-12-3-4-13-30)22(14-19)25(31)28-17-18-6-5-11-27-16-18/h5-11,14-16H,3-4,12-13,17H2,1-2H3,(H,28,31)(H,29,32).